The van der Waals surface area contributed by atoms with Crippen LogP contribution in [0.3, 0.4) is 0 Å². The molecule has 0 spiro atoms. The molecular formula is C13H21NS. The summed E-state index contributed by atoms with van der Waals surface area (Å²) < 4.78 is 0. The summed E-state index contributed by atoms with van der Waals surface area (Å²) >= 11 is 4.25. The van der Waals surface area contributed by atoms with Crippen LogP contribution in [0, 0.1) is 6.92 Å². The number of hydrogen-bond donors (Lipinski definition) is 2. The van der Waals surface area contributed by atoms with Gasteiger partial charge in [-0.25, -0.2) is 0 Å². The highest BCUT2D eigenvalue weighted by Crippen LogP contribution is 2.18. The highest BCUT2D eigenvalue weighted by atomic mass is 32.1. The molecule has 1 N–H and O–H groups in total. The number of fused-ring (bicyclic) bond motifs is 1. The number of benzene rings is 1. The topological polar surface area (TPSA) is 15.8 Å². The highest BCUT2D eigenvalue weighted by Gasteiger charge is 1.95. The minimum Gasteiger partial charge on any atom is -0.359 e. The van der Waals surface area contributed by atoms with E-state index >= 15 is 0 Å². The first-order valence-electron chi connectivity index (χ1n) is 5.54. The van der Waals surface area contributed by atoms with Crippen molar-refractivity contribution in [1.82, 2.24) is 4.98 Å². The van der Waals surface area contributed by atoms with Gasteiger partial charge < -0.3 is 4.98 Å². The standard InChI is InChI=1S/C9H9NS.2C2H6/c1-6-4-7-2-3-8(11)5-9(7)10-6;2*1-2/h2-5,10-11H,1H3;2*1-2H3. The Kier molecular flexibility index (Phi) is 6.97. The van der Waals surface area contributed by atoms with Gasteiger partial charge in [0.2, 0.25) is 0 Å². The Morgan fingerprint density at radius 2 is 1.60 bits per heavy atom. The molecule has 2 aromatic rings. The number of rotatable bonds is 0. The molecule has 0 atom stereocenters. The molecule has 0 aliphatic rings. The van der Waals surface area contributed by atoms with Gasteiger partial charge in [-0.05, 0) is 30.5 Å². The summed E-state index contributed by atoms with van der Waals surface area (Å²) in [7, 11) is 0. The molecule has 0 radical (unpaired) electrons. The first-order valence-corrected chi connectivity index (χ1v) is 5.99. The van der Waals surface area contributed by atoms with Gasteiger partial charge in [0.05, 0.1) is 0 Å². The highest BCUT2D eigenvalue weighted by molar-refractivity contribution is 7.80. The fourth-order valence-corrected chi connectivity index (χ4v) is 1.46. The number of aromatic nitrogens is 1. The molecule has 0 aliphatic carbocycles. The third kappa shape index (κ3) is 4.00. The quantitative estimate of drug-likeness (QED) is 0.596. The lowest BCUT2D eigenvalue weighted by atomic mass is 10.2. The summed E-state index contributed by atoms with van der Waals surface area (Å²) in [6.45, 7) is 10.1. The van der Waals surface area contributed by atoms with E-state index in [0.29, 0.717) is 0 Å². The van der Waals surface area contributed by atoms with Gasteiger partial charge in [-0.15, -0.1) is 12.6 Å². The van der Waals surface area contributed by atoms with Crippen molar-refractivity contribution in [3.8, 4) is 0 Å². The second kappa shape index (κ2) is 7.41. The molecule has 2 heteroatoms. The maximum Gasteiger partial charge on any atom is 0.0467 e. The Morgan fingerprint density at radius 3 is 2.20 bits per heavy atom. The Hall–Kier alpha value is -0.890. The van der Waals surface area contributed by atoms with Crippen molar-refractivity contribution in [2.24, 2.45) is 0 Å². The fraction of sp³-hybridized carbons (Fsp3) is 0.385. The van der Waals surface area contributed by atoms with E-state index in [0.717, 1.165) is 10.4 Å². The number of aryl methyl sites for hydroxylation is 1. The lowest BCUT2D eigenvalue weighted by molar-refractivity contribution is 1.29. The zero-order chi connectivity index (χ0) is 11.8. The van der Waals surface area contributed by atoms with Gasteiger partial charge >= 0.3 is 0 Å². The van der Waals surface area contributed by atoms with Crippen LogP contribution in [-0.4, -0.2) is 4.98 Å². The summed E-state index contributed by atoms with van der Waals surface area (Å²) in [5.74, 6) is 0. The molecule has 2 rings (SSSR count). The summed E-state index contributed by atoms with van der Waals surface area (Å²) in [5, 5.41) is 1.25. The third-order valence-electron chi connectivity index (χ3n) is 1.74. The zero-order valence-electron chi connectivity index (χ0n) is 10.3. The van der Waals surface area contributed by atoms with E-state index in [1.807, 2.05) is 39.8 Å². The van der Waals surface area contributed by atoms with Gasteiger partial charge in [0.1, 0.15) is 0 Å². The smallest absolute Gasteiger partial charge is 0.0467 e. The van der Waals surface area contributed by atoms with Crippen LogP contribution in [-0.2, 0) is 0 Å². The van der Waals surface area contributed by atoms with Crippen LogP contribution in [0.15, 0.2) is 29.2 Å². The second-order valence-corrected chi connectivity index (χ2v) is 3.24. The van der Waals surface area contributed by atoms with Crippen molar-refractivity contribution in [1.29, 1.82) is 0 Å². The third-order valence-corrected chi connectivity index (χ3v) is 2.02. The minimum atomic E-state index is 0.999. The Labute approximate surface area is 98.3 Å². The van der Waals surface area contributed by atoms with Gasteiger partial charge in [-0.1, -0.05) is 33.8 Å². The van der Waals surface area contributed by atoms with E-state index in [-0.39, 0.29) is 0 Å². The summed E-state index contributed by atoms with van der Waals surface area (Å²) in [6, 6.07) is 8.23. The van der Waals surface area contributed by atoms with Crippen LogP contribution in [0.2, 0.25) is 0 Å². The van der Waals surface area contributed by atoms with Crippen LogP contribution < -0.4 is 0 Å². The van der Waals surface area contributed by atoms with E-state index in [2.05, 4.69) is 36.7 Å². The van der Waals surface area contributed by atoms with E-state index in [4.69, 9.17) is 0 Å². The average Bonchev–Trinajstić information content (AvgIpc) is 2.63. The molecule has 0 saturated carbocycles. The van der Waals surface area contributed by atoms with E-state index in [1.54, 1.807) is 0 Å². The average molecular weight is 223 g/mol. The molecule has 0 bridgehead atoms. The summed E-state index contributed by atoms with van der Waals surface area (Å²) in [5.41, 5.74) is 2.36. The fourth-order valence-electron chi connectivity index (χ4n) is 1.26. The molecular weight excluding hydrogens is 202 g/mol. The Balaban J connectivity index is 0.000000442. The van der Waals surface area contributed by atoms with Crippen molar-refractivity contribution >= 4 is 23.5 Å². The van der Waals surface area contributed by atoms with Crippen LogP contribution in [0.1, 0.15) is 33.4 Å². The lowest BCUT2D eigenvalue weighted by Crippen LogP contribution is -1.68. The van der Waals surface area contributed by atoms with Crippen molar-refractivity contribution in [3.63, 3.8) is 0 Å². The number of hydrogen-bond acceptors (Lipinski definition) is 1. The Bertz CT molecular complexity index is 390. The van der Waals surface area contributed by atoms with Crippen LogP contribution in [0.25, 0.3) is 10.9 Å². The van der Waals surface area contributed by atoms with Gasteiger partial charge in [-0.3, -0.25) is 0 Å². The van der Waals surface area contributed by atoms with Crippen LogP contribution in [0.4, 0.5) is 0 Å². The van der Waals surface area contributed by atoms with E-state index in [1.165, 1.54) is 11.1 Å². The monoisotopic (exact) mass is 223 g/mol. The van der Waals surface area contributed by atoms with Crippen LogP contribution >= 0.6 is 12.6 Å². The number of H-pyrrole nitrogens is 1. The van der Waals surface area contributed by atoms with Gasteiger partial charge in [0.15, 0.2) is 0 Å². The maximum atomic E-state index is 4.25. The number of aromatic amines is 1. The lowest BCUT2D eigenvalue weighted by Gasteiger charge is -1.89. The molecule has 0 unspecified atom stereocenters. The molecule has 0 fully saturated rings. The van der Waals surface area contributed by atoms with Crippen molar-refractivity contribution in [3.05, 3.63) is 30.0 Å². The first kappa shape index (κ1) is 14.1. The summed E-state index contributed by atoms with van der Waals surface area (Å²) in [4.78, 5) is 4.25. The minimum absolute atomic E-state index is 0.999. The summed E-state index contributed by atoms with van der Waals surface area (Å²) in [6.07, 6.45) is 0. The molecule has 15 heavy (non-hydrogen) atoms. The second-order valence-electron chi connectivity index (χ2n) is 2.72. The van der Waals surface area contributed by atoms with Crippen molar-refractivity contribution in [2.75, 3.05) is 0 Å². The molecule has 0 aliphatic heterocycles. The maximum absolute atomic E-state index is 4.25. The van der Waals surface area contributed by atoms with Gasteiger partial charge in [-0.2, -0.15) is 0 Å². The largest absolute Gasteiger partial charge is 0.359 e. The molecule has 84 valence electrons. The molecule has 0 saturated heterocycles. The molecule has 0 amide bonds. The zero-order valence-corrected chi connectivity index (χ0v) is 11.2. The van der Waals surface area contributed by atoms with Crippen LogP contribution in [0.5, 0.6) is 0 Å². The molecule has 1 nitrogen and oxygen atoms in total. The SMILES string of the molecule is CC.CC.Cc1cc2ccc(S)cc2[nH]1. The predicted octanol–water partition coefficient (Wildman–Crippen LogP) is 4.82. The predicted molar refractivity (Wildman–Crippen MR) is 73.0 cm³/mol. The molecule has 1 heterocycles. The number of nitrogens with one attached hydrogen (secondary N) is 1. The van der Waals surface area contributed by atoms with E-state index < -0.39 is 0 Å². The molecule has 1 aromatic carbocycles. The number of thiol groups is 1. The molecule has 1 aromatic heterocycles. The van der Waals surface area contributed by atoms with Crippen molar-refractivity contribution in [2.45, 2.75) is 39.5 Å². The van der Waals surface area contributed by atoms with E-state index in [9.17, 15) is 0 Å². The Morgan fingerprint density at radius 1 is 1.00 bits per heavy atom. The first-order chi connectivity index (χ1) is 7.25. The van der Waals surface area contributed by atoms with Crippen molar-refractivity contribution < 1.29 is 0 Å². The van der Waals surface area contributed by atoms with Gasteiger partial charge in [0.25, 0.3) is 0 Å². The van der Waals surface area contributed by atoms with Gasteiger partial charge in [0, 0.05) is 16.1 Å². The normalized spacial score (nSPS) is 8.67.